The van der Waals surface area contributed by atoms with Gasteiger partial charge in [0.1, 0.15) is 0 Å². The minimum atomic E-state index is -0.196. The molecule has 0 spiro atoms. The normalized spacial score (nSPS) is 13.0. The van der Waals surface area contributed by atoms with E-state index in [1.165, 1.54) is 98.8 Å². The first-order chi connectivity index (χ1) is 27.9. The topological polar surface area (TPSA) is 3.24 Å². The van der Waals surface area contributed by atoms with E-state index in [4.69, 9.17) is 0 Å². The average molecular weight is 728 g/mol. The Hall–Kier alpha value is -6.96. The van der Waals surface area contributed by atoms with Crippen LogP contribution in [0.4, 0.5) is 17.1 Å². The van der Waals surface area contributed by atoms with Gasteiger partial charge in [0.25, 0.3) is 0 Å². The van der Waals surface area contributed by atoms with E-state index < -0.39 is 0 Å². The molecular weight excluding hydrogens is 687 g/mol. The van der Waals surface area contributed by atoms with E-state index in [9.17, 15) is 0 Å². The first-order valence-corrected chi connectivity index (χ1v) is 20.0. The zero-order valence-corrected chi connectivity index (χ0v) is 32.4. The van der Waals surface area contributed by atoms with Crippen molar-refractivity contribution >= 4 is 60.2 Å². The van der Waals surface area contributed by atoms with Gasteiger partial charge >= 0.3 is 0 Å². The van der Waals surface area contributed by atoms with E-state index in [-0.39, 0.29) is 5.41 Å². The molecule has 0 N–H and O–H groups in total. The fourth-order valence-corrected chi connectivity index (χ4v) is 9.57. The Kier molecular flexibility index (Phi) is 7.50. The molecule has 270 valence electrons. The zero-order valence-electron chi connectivity index (χ0n) is 32.4. The third-order valence-corrected chi connectivity index (χ3v) is 12.5. The highest BCUT2D eigenvalue weighted by Gasteiger charge is 2.36. The number of anilines is 3. The van der Waals surface area contributed by atoms with Crippen LogP contribution in [-0.2, 0) is 5.41 Å². The monoisotopic (exact) mass is 727 g/mol. The lowest BCUT2D eigenvalue weighted by Crippen LogP contribution is -2.16. The van der Waals surface area contributed by atoms with Crippen LogP contribution in [0.25, 0.3) is 76.5 Å². The van der Waals surface area contributed by atoms with Crippen LogP contribution in [0.3, 0.4) is 0 Å². The lowest BCUT2D eigenvalue weighted by molar-refractivity contribution is 0.660. The molecule has 0 atom stereocenters. The fourth-order valence-electron chi connectivity index (χ4n) is 9.57. The minimum Gasteiger partial charge on any atom is -0.310 e. The third kappa shape index (κ3) is 5.30. The van der Waals surface area contributed by atoms with Crippen molar-refractivity contribution in [1.82, 2.24) is 0 Å². The Balaban J connectivity index is 1.07. The maximum Gasteiger partial charge on any atom is 0.0465 e. The average Bonchev–Trinajstić information content (AvgIpc) is 3.48. The number of rotatable bonds is 5. The summed E-state index contributed by atoms with van der Waals surface area (Å²) < 4.78 is 0. The minimum absolute atomic E-state index is 0.196. The molecule has 1 aliphatic carbocycles. The SMILES string of the molecule is Cc1ccc(N(c2ccccc2)c2ccc3c(c2)C(C)(C)c2cc(-c4cc5cc(-c6ccc7ccccc7c6)c6ccccc6c5c5ccccc45)ccc2-3)cc1. The van der Waals surface area contributed by atoms with Gasteiger partial charge in [0.15, 0.2) is 0 Å². The molecule has 11 rings (SSSR count). The van der Waals surface area contributed by atoms with Crippen molar-refractivity contribution in [2.45, 2.75) is 26.2 Å². The predicted octanol–water partition coefficient (Wildman–Crippen LogP) is 15.7. The Morgan fingerprint density at radius 2 is 0.860 bits per heavy atom. The Labute approximate surface area is 334 Å². The second-order valence-corrected chi connectivity index (χ2v) is 16.2. The quantitative estimate of drug-likeness (QED) is 0.160. The van der Waals surface area contributed by atoms with Crippen molar-refractivity contribution in [2.75, 3.05) is 4.90 Å². The Morgan fingerprint density at radius 1 is 0.351 bits per heavy atom. The van der Waals surface area contributed by atoms with Gasteiger partial charge in [-0.2, -0.15) is 0 Å². The maximum absolute atomic E-state index is 2.48. The van der Waals surface area contributed by atoms with Crippen LogP contribution in [0.15, 0.2) is 194 Å². The molecule has 0 amide bonds. The lowest BCUT2D eigenvalue weighted by Gasteiger charge is -2.28. The van der Waals surface area contributed by atoms with Gasteiger partial charge < -0.3 is 4.90 Å². The van der Waals surface area contributed by atoms with E-state index >= 15 is 0 Å². The van der Waals surface area contributed by atoms with Gasteiger partial charge in [0.2, 0.25) is 0 Å². The number of hydrogen-bond donors (Lipinski definition) is 0. The summed E-state index contributed by atoms with van der Waals surface area (Å²) in [4.78, 5) is 2.38. The summed E-state index contributed by atoms with van der Waals surface area (Å²) in [6.45, 7) is 6.93. The highest BCUT2D eigenvalue weighted by atomic mass is 15.1. The van der Waals surface area contributed by atoms with Crippen LogP contribution in [0.5, 0.6) is 0 Å². The Bertz CT molecular complexity index is 3210. The molecule has 0 heterocycles. The van der Waals surface area contributed by atoms with E-state index in [1.807, 2.05) is 0 Å². The van der Waals surface area contributed by atoms with Crippen molar-refractivity contribution in [2.24, 2.45) is 0 Å². The van der Waals surface area contributed by atoms with Crippen molar-refractivity contribution in [3.8, 4) is 33.4 Å². The summed E-state index contributed by atoms with van der Waals surface area (Å²) >= 11 is 0. The molecule has 0 bridgehead atoms. The number of hydrogen-bond acceptors (Lipinski definition) is 1. The number of benzene rings is 10. The summed E-state index contributed by atoms with van der Waals surface area (Å²) in [5.74, 6) is 0. The first-order valence-electron chi connectivity index (χ1n) is 20.0. The highest BCUT2D eigenvalue weighted by Crippen LogP contribution is 2.52. The van der Waals surface area contributed by atoms with E-state index in [0.29, 0.717) is 0 Å². The summed E-state index contributed by atoms with van der Waals surface area (Å²) in [6.07, 6.45) is 0. The smallest absolute Gasteiger partial charge is 0.0465 e. The van der Waals surface area contributed by atoms with E-state index in [2.05, 4.69) is 220 Å². The first kappa shape index (κ1) is 33.4. The molecule has 0 aliphatic heterocycles. The van der Waals surface area contributed by atoms with Crippen LogP contribution < -0.4 is 4.90 Å². The molecule has 0 fully saturated rings. The standard InChI is InChI=1S/C56H41N/c1-36-21-26-43(27-22-36)57(42-15-5-4-6-16-42)44-28-30-48-47-29-25-40(34-53(47)56(2,3)54(48)35-44)52-33-41-32-51(39-24-23-37-13-7-8-14-38(37)31-39)45-17-9-11-19-49(45)55(41)50-20-12-10-18-46(50)52/h4-35H,1-3H3. The molecule has 1 aliphatic rings. The van der Waals surface area contributed by atoms with E-state index in [1.54, 1.807) is 0 Å². The van der Waals surface area contributed by atoms with Crippen molar-refractivity contribution in [3.63, 3.8) is 0 Å². The van der Waals surface area contributed by atoms with Gasteiger partial charge in [-0.1, -0.05) is 153 Å². The lowest BCUT2D eigenvalue weighted by atomic mass is 9.81. The van der Waals surface area contributed by atoms with Gasteiger partial charge in [-0.3, -0.25) is 0 Å². The second-order valence-electron chi connectivity index (χ2n) is 16.2. The number of aryl methyl sites for hydroxylation is 1. The van der Waals surface area contributed by atoms with Crippen LogP contribution in [0.2, 0.25) is 0 Å². The highest BCUT2D eigenvalue weighted by molar-refractivity contribution is 6.26. The Morgan fingerprint density at radius 3 is 1.54 bits per heavy atom. The molecule has 0 saturated heterocycles. The summed E-state index contributed by atoms with van der Waals surface area (Å²) in [6, 6.07) is 72.1. The molecule has 57 heavy (non-hydrogen) atoms. The molecule has 0 unspecified atom stereocenters. The van der Waals surface area contributed by atoms with Gasteiger partial charge in [-0.25, -0.2) is 0 Å². The van der Waals surface area contributed by atoms with Crippen LogP contribution >= 0.6 is 0 Å². The molecule has 10 aromatic rings. The van der Waals surface area contributed by atoms with Gasteiger partial charge in [0.05, 0.1) is 0 Å². The van der Waals surface area contributed by atoms with Crippen LogP contribution in [0, 0.1) is 6.92 Å². The zero-order chi connectivity index (χ0) is 38.3. The summed E-state index contributed by atoms with van der Waals surface area (Å²) in [5, 5.41) is 10.2. The number of fused-ring (bicyclic) bond motifs is 9. The second kappa shape index (κ2) is 12.8. The molecule has 0 radical (unpaired) electrons. The van der Waals surface area contributed by atoms with Gasteiger partial charge in [0, 0.05) is 22.5 Å². The third-order valence-electron chi connectivity index (χ3n) is 12.5. The number of para-hydroxylation sites is 1. The van der Waals surface area contributed by atoms with E-state index in [0.717, 1.165) is 11.4 Å². The van der Waals surface area contributed by atoms with Crippen molar-refractivity contribution < 1.29 is 0 Å². The maximum atomic E-state index is 2.48. The van der Waals surface area contributed by atoms with Crippen molar-refractivity contribution in [1.29, 1.82) is 0 Å². The predicted molar refractivity (Wildman–Crippen MR) is 244 cm³/mol. The molecule has 1 nitrogen and oxygen atoms in total. The summed E-state index contributed by atoms with van der Waals surface area (Å²) in [7, 11) is 0. The molecule has 10 aromatic carbocycles. The van der Waals surface area contributed by atoms with Gasteiger partial charge in [-0.05, 0) is 155 Å². The molecule has 1 heteroatoms. The van der Waals surface area contributed by atoms with Crippen LogP contribution in [-0.4, -0.2) is 0 Å². The molecular formula is C56H41N. The van der Waals surface area contributed by atoms with Crippen molar-refractivity contribution in [3.05, 3.63) is 211 Å². The fraction of sp³-hybridized carbons (Fsp3) is 0.0714. The molecule has 0 aromatic heterocycles. The van der Waals surface area contributed by atoms with Crippen LogP contribution in [0.1, 0.15) is 30.5 Å². The summed E-state index contributed by atoms with van der Waals surface area (Å²) in [5.41, 5.74) is 14.9. The largest absolute Gasteiger partial charge is 0.310 e. The van der Waals surface area contributed by atoms with Gasteiger partial charge in [-0.15, -0.1) is 0 Å². The number of nitrogens with zero attached hydrogens (tertiary/aromatic N) is 1. The molecule has 0 saturated carbocycles.